The number of piperidine rings is 1. The van der Waals surface area contributed by atoms with E-state index in [9.17, 15) is 9.59 Å². The largest absolute Gasteiger partial charge is 0.372 e. The first-order valence-electron chi connectivity index (χ1n) is 10.2. The number of hydrogen-bond donors (Lipinski definition) is 2. The number of anilines is 1. The van der Waals surface area contributed by atoms with Gasteiger partial charge in [-0.25, -0.2) is 10.4 Å². The van der Waals surface area contributed by atoms with E-state index in [1.807, 2.05) is 26.0 Å². The Labute approximate surface area is 178 Å². The molecule has 7 nitrogen and oxygen atoms in total. The standard InChI is InChI=1S/C22H25N5O2S/c1-14-15(2)30-22-20(14)21(29)24-18(25-22)12-19(28)26-23-13-16-6-8-17(9-7-16)27-10-4-3-5-11-27/h6-9,13H,3-5,10-12H2,1-2H3,(H,26,28)(H,24,25,29)/b23-13+. The van der Waals surface area contributed by atoms with Gasteiger partial charge in [0, 0.05) is 23.7 Å². The maximum absolute atomic E-state index is 12.3. The lowest BCUT2D eigenvalue weighted by Crippen LogP contribution is -2.29. The van der Waals surface area contributed by atoms with Gasteiger partial charge in [-0.15, -0.1) is 11.3 Å². The zero-order valence-corrected chi connectivity index (χ0v) is 18.0. The van der Waals surface area contributed by atoms with Crippen molar-refractivity contribution >= 4 is 39.4 Å². The molecular formula is C22H25N5O2S. The molecule has 0 radical (unpaired) electrons. The number of nitrogens with one attached hydrogen (secondary N) is 2. The quantitative estimate of drug-likeness (QED) is 0.487. The number of benzene rings is 1. The molecule has 0 aliphatic carbocycles. The van der Waals surface area contributed by atoms with Crippen LogP contribution in [-0.4, -0.2) is 35.2 Å². The first-order chi connectivity index (χ1) is 14.5. The molecule has 3 heterocycles. The van der Waals surface area contributed by atoms with E-state index in [1.165, 1.54) is 36.3 Å². The maximum atomic E-state index is 12.3. The van der Waals surface area contributed by atoms with Crippen molar-refractivity contribution in [3.8, 4) is 0 Å². The summed E-state index contributed by atoms with van der Waals surface area (Å²) in [7, 11) is 0. The zero-order chi connectivity index (χ0) is 21.1. The highest BCUT2D eigenvalue weighted by Crippen LogP contribution is 2.25. The predicted octanol–water partition coefficient (Wildman–Crippen LogP) is 3.28. The van der Waals surface area contributed by atoms with Gasteiger partial charge >= 0.3 is 0 Å². The molecule has 2 N–H and O–H groups in total. The summed E-state index contributed by atoms with van der Waals surface area (Å²) in [5, 5.41) is 4.63. The molecule has 1 aliphatic heterocycles. The molecule has 0 spiro atoms. The van der Waals surface area contributed by atoms with E-state index in [1.54, 1.807) is 6.21 Å². The molecule has 1 aromatic carbocycles. The van der Waals surface area contributed by atoms with Crippen molar-refractivity contribution in [3.63, 3.8) is 0 Å². The average Bonchev–Trinajstić information content (AvgIpc) is 3.03. The van der Waals surface area contributed by atoms with Crippen LogP contribution in [0.25, 0.3) is 10.2 Å². The molecule has 0 atom stereocenters. The van der Waals surface area contributed by atoms with E-state index in [0.29, 0.717) is 16.0 Å². The minimum Gasteiger partial charge on any atom is -0.372 e. The number of rotatable bonds is 5. The normalized spacial score (nSPS) is 14.5. The van der Waals surface area contributed by atoms with Gasteiger partial charge in [-0.2, -0.15) is 5.10 Å². The van der Waals surface area contributed by atoms with Crippen LogP contribution in [-0.2, 0) is 11.2 Å². The Hall–Kier alpha value is -3.00. The third-order valence-electron chi connectivity index (χ3n) is 5.43. The van der Waals surface area contributed by atoms with E-state index >= 15 is 0 Å². The molecule has 3 aromatic rings. The van der Waals surface area contributed by atoms with Crippen molar-refractivity contribution in [1.29, 1.82) is 0 Å². The van der Waals surface area contributed by atoms with Crippen LogP contribution in [0.3, 0.4) is 0 Å². The highest BCUT2D eigenvalue weighted by Gasteiger charge is 2.13. The summed E-state index contributed by atoms with van der Waals surface area (Å²) < 4.78 is 0. The van der Waals surface area contributed by atoms with Crippen molar-refractivity contribution in [2.75, 3.05) is 18.0 Å². The summed E-state index contributed by atoms with van der Waals surface area (Å²) in [6, 6.07) is 8.16. The highest BCUT2D eigenvalue weighted by molar-refractivity contribution is 7.18. The van der Waals surface area contributed by atoms with Crippen molar-refractivity contribution in [1.82, 2.24) is 15.4 Å². The molecule has 1 saturated heterocycles. The van der Waals surface area contributed by atoms with Crippen LogP contribution in [0.1, 0.15) is 41.1 Å². The molecule has 0 saturated carbocycles. The molecule has 1 aliphatic rings. The van der Waals surface area contributed by atoms with Crippen molar-refractivity contribution in [2.45, 2.75) is 39.5 Å². The van der Waals surface area contributed by atoms with Crippen molar-refractivity contribution in [2.24, 2.45) is 5.10 Å². The van der Waals surface area contributed by atoms with Gasteiger partial charge in [0.25, 0.3) is 5.56 Å². The van der Waals surface area contributed by atoms with E-state index in [4.69, 9.17) is 0 Å². The van der Waals surface area contributed by atoms with Gasteiger partial charge in [0.1, 0.15) is 10.7 Å². The van der Waals surface area contributed by atoms with Gasteiger partial charge in [-0.3, -0.25) is 9.59 Å². The number of carbonyl (C=O) groups excluding carboxylic acids is 1. The van der Waals surface area contributed by atoms with Gasteiger partial charge in [0.05, 0.1) is 18.0 Å². The number of amides is 1. The minimum atomic E-state index is -0.330. The Morgan fingerprint density at radius 3 is 2.70 bits per heavy atom. The summed E-state index contributed by atoms with van der Waals surface area (Å²) >= 11 is 1.46. The van der Waals surface area contributed by atoms with Crippen LogP contribution in [0.5, 0.6) is 0 Å². The molecule has 4 rings (SSSR count). The third-order valence-corrected chi connectivity index (χ3v) is 6.53. The average molecular weight is 424 g/mol. The van der Waals surface area contributed by atoms with Crippen LogP contribution in [0.4, 0.5) is 5.69 Å². The lowest BCUT2D eigenvalue weighted by atomic mass is 10.1. The Balaban J connectivity index is 1.36. The molecule has 156 valence electrons. The molecule has 8 heteroatoms. The fraction of sp³-hybridized carbons (Fsp3) is 0.364. The SMILES string of the molecule is Cc1sc2nc(CC(=O)N/N=C/c3ccc(N4CCCCC4)cc3)[nH]c(=O)c2c1C. The molecule has 0 bridgehead atoms. The predicted molar refractivity (Wildman–Crippen MR) is 122 cm³/mol. The van der Waals surface area contributed by atoms with Gasteiger partial charge in [0.15, 0.2) is 0 Å². The number of fused-ring (bicyclic) bond motifs is 1. The fourth-order valence-corrected chi connectivity index (χ4v) is 4.73. The smallest absolute Gasteiger partial charge is 0.259 e. The van der Waals surface area contributed by atoms with Gasteiger partial charge < -0.3 is 9.88 Å². The number of H-pyrrole nitrogens is 1. The number of carbonyl (C=O) groups is 1. The second-order valence-electron chi connectivity index (χ2n) is 7.59. The van der Waals surface area contributed by atoms with Crippen LogP contribution in [0.2, 0.25) is 0 Å². The monoisotopic (exact) mass is 423 g/mol. The number of hydrazone groups is 1. The number of aryl methyl sites for hydroxylation is 2. The maximum Gasteiger partial charge on any atom is 0.259 e. The first-order valence-corrected chi connectivity index (χ1v) is 11.0. The highest BCUT2D eigenvalue weighted by atomic mass is 32.1. The second-order valence-corrected chi connectivity index (χ2v) is 8.79. The Bertz CT molecular complexity index is 1140. The van der Waals surface area contributed by atoms with Crippen LogP contribution in [0, 0.1) is 13.8 Å². The topological polar surface area (TPSA) is 90.4 Å². The number of nitrogens with zero attached hydrogens (tertiary/aromatic N) is 3. The third kappa shape index (κ3) is 4.43. The summed E-state index contributed by atoms with van der Waals surface area (Å²) in [6.45, 7) is 6.08. The molecule has 0 unspecified atom stereocenters. The summed E-state index contributed by atoms with van der Waals surface area (Å²) in [4.78, 5) is 35.7. The summed E-state index contributed by atoms with van der Waals surface area (Å²) in [6.07, 6.45) is 5.38. The van der Waals surface area contributed by atoms with E-state index in [-0.39, 0.29) is 17.9 Å². The summed E-state index contributed by atoms with van der Waals surface area (Å²) in [5.74, 6) is 0.0102. The van der Waals surface area contributed by atoms with Crippen LogP contribution >= 0.6 is 11.3 Å². The van der Waals surface area contributed by atoms with Crippen molar-refractivity contribution in [3.05, 3.63) is 56.4 Å². The molecule has 1 fully saturated rings. The van der Waals surface area contributed by atoms with Crippen LogP contribution < -0.4 is 15.9 Å². The Morgan fingerprint density at radius 1 is 1.23 bits per heavy atom. The lowest BCUT2D eigenvalue weighted by molar-refractivity contribution is -0.120. The van der Waals surface area contributed by atoms with Gasteiger partial charge in [0.2, 0.25) is 5.91 Å². The summed E-state index contributed by atoms with van der Waals surface area (Å²) in [5.41, 5.74) is 5.37. The van der Waals surface area contributed by atoms with Gasteiger partial charge in [-0.05, 0) is 56.4 Å². The minimum absolute atomic E-state index is 0.0353. The van der Waals surface area contributed by atoms with E-state index < -0.39 is 0 Å². The molecule has 1 amide bonds. The molecule has 2 aromatic heterocycles. The van der Waals surface area contributed by atoms with Crippen LogP contribution in [0.15, 0.2) is 34.2 Å². The zero-order valence-electron chi connectivity index (χ0n) is 17.2. The lowest BCUT2D eigenvalue weighted by Gasteiger charge is -2.28. The Kier molecular flexibility index (Phi) is 5.94. The van der Waals surface area contributed by atoms with Crippen molar-refractivity contribution < 1.29 is 4.79 Å². The first kappa shape index (κ1) is 20.3. The van der Waals surface area contributed by atoms with E-state index in [0.717, 1.165) is 29.1 Å². The number of aromatic nitrogens is 2. The second kappa shape index (κ2) is 8.79. The molecular weight excluding hydrogens is 398 g/mol. The van der Waals surface area contributed by atoms with E-state index in [2.05, 4.69) is 37.5 Å². The number of thiophene rings is 1. The van der Waals surface area contributed by atoms with Gasteiger partial charge in [-0.1, -0.05) is 12.1 Å². The number of aromatic amines is 1. The Morgan fingerprint density at radius 2 is 1.97 bits per heavy atom. The molecule has 30 heavy (non-hydrogen) atoms. The fourth-order valence-electron chi connectivity index (χ4n) is 3.68. The number of hydrogen-bond acceptors (Lipinski definition) is 6.